The molecule has 1 aliphatic rings. The summed E-state index contributed by atoms with van der Waals surface area (Å²) in [5, 5.41) is 14.7. The molecule has 0 aromatic heterocycles. The van der Waals surface area contributed by atoms with Gasteiger partial charge in [0.2, 0.25) is 5.91 Å². The highest BCUT2D eigenvalue weighted by molar-refractivity contribution is 5.89. The first-order valence-electron chi connectivity index (χ1n) is 12.0. The van der Waals surface area contributed by atoms with Crippen molar-refractivity contribution in [2.45, 2.75) is 58.5 Å². The molecule has 2 amide bonds. The molecule has 0 bridgehead atoms. The predicted molar refractivity (Wildman–Crippen MR) is 135 cm³/mol. The lowest BCUT2D eigenvalue weighted by atomic mass is 9.98. The number of aliphatic carboxylic acids is 1. The van der Waals surface area contributed by atoms with Crippen molar-refractivity contribution in [3.63, 3.8) is 0 Å². The Morgan fingerprint density at radius 3 is 2.03 bits per heavy atom. The molecular weight excluding hydrogens is 444 g/mol. The van der Waals surface area contributed by atoms with Gasteiger partial charge in [0.25, 0.3) is 0 Å². The number of alkyl carbamates (subject to hydrolysis) is 1. The summed E-state index contributed by atoms with van der Waals surface area (Å²) in [4.78, 5) is 37.2. The molecule has 2 atom stereocenters. The van der Waals surface area contributed by atoms with Crippen molar-refractivity contribution in [3.8, 4) is 11.1 Å². The Hall–Kier alpha value is -3.61. The minimum absolute atomic E-state index is 0.0859. The Kier molecular flexibility index (Phi) is 8.68. The van der Waals surface area contributed by atoms with Crippen LogP contribution in [0.4, 0.5) is 4.79 Å². The molecule has 0 saturated carbocycles. The van der Waals surface area contributed by atoms with Crippen LogP contribution in [0.15, 0.2) is 60.2 Å². The first-order valence-corrected chi connectivity index (χ1v) is 12.0. The van der Waals surface area contributed by atoms with Gasteiger partial charge < -0.3 is 20.5 Å². The van der Waals surface area contributed by atoms with Crippen LogP contribution in [0.1, 0.15) is 57.6 Å². The zero-order chi connectivity index (χ0) is 25.5. The number of carboxylic acid groups (broad SMARTS) is 1. The van der Waals surface area contributed by atoms with Crippen LogP contribution in [0.25, 0.3) is 11.1 Å². The van der Waals surface area contributed by atoms with E-state index in [1.165, 1.54) is 0 Å². The zero-order valence-corrected chi connectivity index (χ0v) is 20.7. The van der Waals surface area contributed by atoms with Crippen LogP contribution in [-0.4, -0.2) is 41.8 Å². The second-order valence-electron chi connectivity index (χ2n) is 9.57. The summed E-state index contributed by atoms with van der Waals surface area (Å²) in [6.45, 7) is 7.68. The number of amides is 2. The fourth-order valence-corrected chi connectivity index (χ4v) is 4.33. The van der Waals surface area contributed by atoms with E-state index in [0.29, 0.717) is 6.42 Å². The van der Waals surface area contributed by atoms with Gasteiger partial charge in [-0.15, -0.1) is 0 Å². The molecular formula is C28H34N2O5. The van der Waals surface area contributed by atoms with E-state index in [0.717, 1.165) is 27.8 Å². The largest absolute Gasteiger partial charge is 0.480 e. The molecule has 0 heterocycles. The first kappa shape index (κ1) is 26.0. The number of hydrogen-bond donors (Lipinski definition) is 3. The quantitative estimate of drug-likeness (QED) is 0.423. The second-order valence-corrected chi connectivity index (χ2v) is 9.57. The van der Waals surface area contributed by atoms with Crippen LogP contribution >= 0.6 is 0 Å². The highest BCUT2D eigenvalue weighted by Crippen LogP contribution is 2.44. The Morgan fingerprint density at radius 1 is 0.943 bits per heavy atom. The van der Waals surface area contributed by atoms with Crippen molar-refractivity contribution in [1.29, 1.82) is 0 Å². The molecule has 35 heavy (non-hydrogen) atoms. The third-order valence-corrected chi connectivity index (χ3v) is 6.04. The van der Waals surface area contributed by atoms with Crippen LogP contribution in [0.3, 0.4) is 0 Å². The third kappa shape index (κ3) is 6.72. The number of rotatable bonds is 10. The first-order chi connectivity index (χ1) is 16.7. The number of fused-ring (bicyclic) bond motifs is 3. The summed E-state index contributed by atoms with van der Waals surface area (Å²) < 4.78 is 5.58. The van der Waals surface area contributed by atoms with E-state index in [2.05, 4.69) is 22.8 Å². The third-order valence-electron chi connectivity index (χ3n) is 6.04. The molecule has 186 valence electrons. The lowest BCUT2D eigenvalue weighted by Gasteiger charge is -2.22. The Morgan fingerprint density at radius 2 is 1.51 bits per heavy atom. The molecule has 0 fully saturated rings. The van der Waals surface area contributed by atoms with Gasteiger partial charge in [-0.05, 0) is 54.9 Å². The maximum absolute atomic E-state index is 12.9. The standard InChI is InChI=1S/C28H34N2O5/c1-17(2)13-14-24(26(31)29-25(27(32)33)15-18(3)4)30-28(34)35-16-23-21-11-7-5-9-19(21)20-10-6-8-12-22(20)23/h5-13,18,23-25H,14-16H2,1-4H3,(H,29,31)(H,30,34)(H,32,33). The molecule has 1 aliphatic carbocycles. The summed E-state index contributed by atoms with van der Waals surface area (Å²) in [6.07, 6.45) is 1.63. The second kappa shape index (κ2) is 11.7. The number of carbonyl (C=O) groups excluding carboxylic acids is 2. The van der Waals surface area contributed by atoms with E-state index < -0.39 is 30.1 Å². The van der Waals surface area contributed by atoms with E-state index in [9.17, 15) is 19.5 Å². The molecule has 2 unspecified atom stereocenters. The fraction of sp³-hybridized carbons (Fsp3) is 0.393. The lowest BCUT2D eigenvalue weighted by Crippen LogP contribution is -2.52. The van der Waals surface area contributed by atoms with Crippen molar-refractivity contribution >= 4 is 18.0 Å². The van der Waals surface area contributed by atoms with Crippen LogP contribution in [-0.2, 0) is 14.3 Å². The molecule has 2 aromatic carbocycles. The van der Waals surface area contributed by atoms with Crippen LogP contribution < -0.4 is 10.6 Å². The predicted octanol–water partition coefficient (Wildman–Crippen LogP) is 4.87. The summed E-state index contributed by atoms with van der Waals surface area (Å²) in [7, 11) is 0. The van der Waals surface area contributed by atoms with Crippen molar-refractivity contribution in [2.24, 2.45) is 5.92 Å². The Bertz CT molecular complexity index is 1060. The van der Waals surface area contributed by atoms with Crippen molar-refractivity contribution < 1.29 is 24.2 Å². The molecule has 3 N–H and O–H groups in total. The van der Waals surface area contributed by atoms with E-state index in [4.69, 9.17) is 4.74 Å². The topological polar surface area (TPSA) is 105 Å². The van der Waals surface area contributed by atoms with Gasteiger partial charge >= 0.3 is 12.1 Å². The SMILES string of the molecule is CC(C)=CCC(NC(=O)OCC1c2ccccc2-c2ccccc21)C(=O)NC(CC(C)C)C(=O)O. The average Bonchev–Trinajstić information content (AvgIpc) is 3.13. The minimum Gasteiger partial charge on any atom is -0.480 e. The molecule has 3 rings (SSSR count). The number of allylic oxidation sites excluding steroid dienone is 1. The lowest BCUT2D eigenvalue weighted by molar-refractivity contribution is -0.142. The van der Waals surface area contributed by atoms with Gasteiger partial charge in [-0.2, -0.15) is 0 Å². The van der Waals surface area contributed by atoms with E-state index in [-0.39, 0.29) is 24.9 Å². The number of hydrogen-bond acceptors (Lipinski definition) is 4. The fourth-order valence-electron chi connectivity index (χ4n) is 4.33. The maximum atomic E-state index is 12.9. The van der Waals surface area contributed by atoms with Gasteiger partial charge in [-0.1, -0.05) is 74.0 Å². The number of carboxylic acids is 1. The van der Waals surface area contributed by atoms with Gasteiger partial charge in [0, 0.05) is 5.92 Å². The molecule has 0 spiro atoms. The van der Waals surface area contributed by atoms with Gasteiger partial charge in [0.1, 0.15) is 18.7 Å². The molecule has 2 aromatic rings. The summed E-state index contributed by atoms with van der Waals surface area (Å²) in [6, 6.07) is 14.1. The average molecular weight is 479 g/mol. The molecule has 7 heteroatoms. The van der Waals surface area contributed by atoms with Crippen LogP contribution in [0.5, 0.6) is 0 Å². The number of ether oxygens (including phenoxy) is 1. The van der Waals surface area contributed by atoms with E-state index in [1.807, 2.05) is 70.2 Å². The Labute approximate surface area is 206 Å². The van der Waals surface area contributed by atoms with Crippen molar-refractivity contribution in [1.82, 2.24) is 10.6 Å². The van der Waals surface area contributed by atoms with Gasteiger partial charge in [0.05, 0.1) is 0 Å². The zero-order valence-electron chi connectivity index (χ0n) is 20.7. The molecule has 0 aliphatic heterocycles. The van der Waals surface area contributed by atoms with Crippen molar-refractivity contribution in [2.75, 3.05) is 6.61 Å². The summed E-state index contributed by atoms with van der Waals surface area (Å²) in [5.74, 6) is -1.67. The number of benzene rings is 2. The van der Waals surface area contributed by atoms with E-state index in [1.54, 1.807) is 0 Å². The molecule has 7 nitrogen and oxygen atoms in total. The van der Waals surface area contributed by atoms with Crippen LogP contribution in [0, 0.1) is 5.92 Å². The summed E-state index contributed by atoms with van der Waals surface area (Å²) in [5.41, 5.74) is 5.43. The number of nitrogens with one attached hydrogen (secondary N) is 2. The maximum Gasteiger partial charge on any atom is 0.407 e. The summed E-state index contributed by atoms with van der Waals surface area (Å²) >= 11 is 0. The monoisotopic (exact) mass is 478 g/mol. The highest BCUT2D eigenvalue weighted by Gasteiger charge is 2.30. The normalized spacial score (nSPS) is 13.9. The minimum atomic E-state index is -1.10. The van der Waals surface area contributed by atoms with E-state index >= 15 is 0 Å². The molecule has 0 saturated heterocycles. The van der Waals surface area contributed by atoms with Gasteiger partial charge in [0.15, 0.2) is 0 Å². The molecule has 0 radical (unpaired) electrons. The smallest absolute Gasteiger partial charge is 0.407 e. The van der Waals surface area contributed by atoms with Crippen molar-refractivity contribution in [3.05, 3.63) is 71.3 Å². The number of carbonyl (C=O) groups is 3. The highest BCUT2D eigenvalue weighted by atomic mass is 16.5. The van der Waals surface area contributed by atoms with Crippen LogP contribution in [0.2, 0.25) is 0 Å². The Balaban J connectivity index is 1.68. The van der Waals surface area contributed by atoms with Gasteiger partial charge in [-0.3, -0.25) is 4.79 Å². The van der Waals surface area contributed by atoms with Gasteiger partial charge in [-0.25, -0.2) is 9.59 Å².